The van der Waals surface area contributed by atoms with E-state index in [0.29, 0.717) is 6.10 Å². The second kappa shape index (κ2) is 7.78. The first-order valence-corrected chi connectivity index (χ1v) is 11.0. The number of nitrogens with zero attached hydrogens (tertiary/aromatic N) is 4. The standard InChI is InChI=1S/C22H26N4OS/c1-16-23-21(26-11-9-25(10-12-26)15-18-8-5-13-27-18)19-14-20(28-22(19)24-16)17-6-3-2-4-7-17/h2-4,6-7,14,18H,5,8-13,15H2,1H3/t18-/m0/s1. The van der Waals surface area contributed by atoms with Gasteiger partial charge in [0.05, 0.1) is 11.5 Å². The molecule has 0 amide bonds. The lowest BCUT2D eigenvalue weighted by Gasteiger charge is -2.36. The maximum Gasteiger partial charge on any atom is 0.141 e. The average Bonchev–Trinajstić information content (AvgIpc) is 3.38. The molecule has 0 spiro atoms. The van der Waals surface area contributed by atoms with Crippen molar-refractivity contribution in [3.8, 4) is 10.4 Å². The quantitative estimate of drug-likeness (QED) is 0.670. The number of aryl methyl sites for hydroxylation is 1. The van der Waals surface area contributed by atoms with Crippen molar-refractivity contribution in [1.82, 2.24) is 14.9 Å². The Morgan fingerprint density at radius 2 is 1.93 bits per heavy atom. The fourth-order valence-electron chi connectivity index (χ4n) is 4.21. The molecule has 0 unspecified atom stereocenters. The van der Waals surface area contributed by atoms with Crippen LogP contribution in [-0.2, 0) is 4.74 Å². The zero-order valence-electron chi connectivity index (χ0n) is 16.3. The number of fused-ring (bicyclic) bond motifs is 1. The Bertz CT molecular complexity index is 944. The highest BCUT2D eigenvalue weighted by Gasteiger charge is 2.25. The van der Waals surface area contributed by atoms with E-state index < -0.39 is 0 Å². The highest BCUT2D eigenvalue weighted by molar-refractivity contribution is 7.21. The van der Waals surface area contributed by atoms with E-state index in [1.165, 1.54) is 28.7 Å². The highest BCUT2D eigenvalue weighted by atomic mass is 32.1. The molecule has 1 atom stereocenters. The van der Waals surface area contributed by atoms with Gasteiger partial charge in [0.15, 0.2) is 0 Å². The fraction of sp³-hybridized carbons (Fsp3) is 0.455. The Kier molecular flexibility index (Phi) is 5.01. The third kappa shape index (κ3) is 3.64. The van der Waals surface area contributed by atoms with E-state index in [-0.39, 0.29) is 0 Å². The molecular formula is C22H26N4OS. The minimum absolute atomic E-state index is 0.435. The molecule has 2 fully saturated rings. The van der Waals surface area contributed by atoms with Crippen molar-refractivity contribution in [2.75, 3.05) is 44.2 Å². The topological polar surface area (TPSA) is 41.5 Å². The van der Waals surface area contributed by atoms with Crippen LogP contribution in [0.2, 0.25) is 0 Å². The molecule has 146 valence electrons. The van der Waals surface area contributed by atoms with Crippen LogP contribution in [0.3, 0.4) is 0 Å². The summed E-state index contributed by atoms with van der Waals surface area (Å²) in [4.78, 5) is 16.9. The summed E-state index contributed by atoms with van der Waals surface area (Å²) in [6.45, 7) is 8.16. The molecule has 3 aromatic rings. The third-order valence-electron chi connectivity index (χ3n) is 5.70. The van der Waals surface area contributed by atoms with Gasteiger partial charge in [-0.3, -0.25) is 4.90 Å². The van der Waals surface area contributed by atoms with Gasteiger partial charge in [0.1, 0.15) is 16.5 Å². The van der Waals surface area contributed by atoms with Crippen molar-refractivity contribution in [2.24, 2.45) is 0 Å². The minimum Gasteiger partial charge on any atom is -0.377 e. The van der Waals surface area contributed by atoms with Gasteiger partial charge in [-0.05, 0) is 31.4 Å². The van der Waals surface area contributed by atoms with Crippen LogP contribution in [0.4, 0.5) is 5.82 Å². The number of benzene rings is 1. The number of ether oxygens (including phenoxy) is 1. The Hall–Kier alpha value is -2.02. The predicted molar refractivity (Wildman–Crippen MR) is 115 cm³/mol. The molecule has 6 heteroatoms. The second-order valence-electron chi connectivity index (χ2n) is 7.71. The molecule has 0 bridgehead atoms. The van der Waals surface area contributed by atoms with Gasteiger partial charge in [-0.1, -0.05) is 30.3 Å². The van der Waals surface area contributed by atoms with Gasteiger partial charge >= 0.3 is 0 Å². The fourth-order valence-corrected chi connectivity index (χ4v) is 5.29. The van der Waals surface area contributed by atoms with E-state index in [4.69, 9.17) is 14.7 Å². The van der Waals surface area contributed by atoms with Crippen LogP contribution in [0.25, 0.3) is 20.7 Å². The van der Waals surface area contributed by atoms with Crippen LogP contribution in [0.15, 0.2) is 36.4 Å². The lowest BCUT2D eigenvalue weighted by Crippen LogP contribution is -2.48. The van der Waals surface area contributed by atoms with Crippen molar-refractivity contribution in [1.29, 1.82) is 0 Å². The first-order valence-electron chi connectivity index (χ1n) is 10.2. The summed E-state index contributed by atoms with van der Waals surface area (Å²) < 4.78 is 5.81. The summed E-state index contributed by atoms with van der Waals surface area (Å²) in [6, 6.07) is 12.8. The van der Waals surface area contributed by atoms with Gasteiger partial charge < -0.3 is 9.64 Å². The van der Waals surface area contributed by atoms with E-state index in [9.17, 15) is 0 Å². The van der Waals surface area contributed by atoms with E-state index in [1.54, 1.807) is 11.3 Å². The van der Waals surface area contributed by atoms with Gasteiger partial charge in [-0.15, -0.1) is 11.3 Å². The molecule has 0 N–H and O–H groups in total. The Morgan fingerprint density at radius 1 is 1.11 bits per heavy atom. The molecule has 4 heterocycles. The van der Waals surface area contributed by atoms with Crippen LogP contribution in [-0.4, -0.2) is 60.3 Å². The molecular weight excluding hydrogens is 368 g/mol. The molecule has 2 aliphatic rings. The van der Waals surface area contributed by atoms with Gasteiger partial charge in [0.2, 0.25) is 0 Å². The zero-order chi connectivity index (χ0) is 18.9. The third-order valence-corrected chi connectivity index (χ3v) is 6.78. The first-order chi connectivity index (χ1) is 13.8. The SMILES string of the molecule is Cc1nc(N2CCN(C[C@@H]3CCCO3)CC2)c2cc(-c3ccccc3)sc2n1. The van der Waals surface area contributed by atoms with Crippen molar-refractivity contribution < 1.29 is 4.74 Å². The van der Waals surface area contributed by atoms with E-state index in [0.717, 1.165) is 55.8 Å². The van der Waals surface area contributed by atoms with Gasteiger partial charge in [0.25, 0.3) is 0 Å². The molecule has 1 aromatic carbocycles. The van der Waals surface area contributed by atoms with Gasteiger partial charge in [-0.25, -0.2) is 9.97 Å². The van der Waals surface area contributed by atoms with Crippen LogP contribution >= 0.6 is 11.3 Å². The van der Waals surface area contributed by atoms with Gasteiger partial charge in [-0.2, -0.15) is 0 Å². The van der Waals surface area contributed by atoms with E-state index in [2.05, 4.69) is 46.2 Å². The molecule has 0 radical (unpaired) electrons. The largest absolute Gasteiger partial charge is 0.377 e. The molecule has 5 rings (SSSR count). The smallest absolute Gasteiger partial charge is 0.141 e. The Balaban J connectivity index is 1.37. The lowest BCUT2D eigenvalue weighted by atomic mass is 10.1. The number of rotatable bonds is 4. The molecule has 5 nitrogen and oxygen atoms in total. The zero-order valence-corrected chi connectivity index (χ0v) is 17.1. The van der Waals surface area contributed by atoms with Crippen LogP contribution in [0.1, 0.15) is 18.7 Å². The number of hydrogen-bond acceptors (Lipinski definition) is 6. The second-order valence-corrected chi connectivity index (χ2v) is 8.74. The molecule has 0 saturated carbocycles. The number of hydrogen-bond donors (Lipinski definition) is 0. The molecule has 2 aliphatic heterocycles. The van der Waals surface area contributed by atoms with Crippen molar-refractivity contribution in [3.05, 3.63) is 42.2 Å². The average molecular weight is 395 g/mol. The number of anilines is 1. The van der Waals surface area contributed by atoms with E-state index >= 15 is 0 Å². The van der Waals surface area contributed by atoms with Gasteiger partial charge in [0, 0.05) is 44.2 Å². The summed E-state index contributed by atoms with van der Waals surface area (Å²) in [5.74, 6) is 1.95. The molecule has 0 aliphatic carbocycles. The molecule has 28 heavy (non-hydrogen) atoms. The number of piperazine rings is 1. The maximum absolute atomic E-state index is 5.81. The number of thiophene rings is 1. The predicted octanol–water partition coefficient (Wildman–Crippen LogP) is 3.97. The lowest BCUT2D eigenvalue weighted by molar-refractivity contribution is 0.0712. The number of aromatic nitrogens is 2. The van der Waals surface area contributed by atoms with Crippen molar-refractivity contribution in [2.45, 2.75) is 25.9 Å². The minimum atomic E-state index is 0.435. The molecule has 2 saturated heterocycles. The van der Waals surface area contributed by atoms with Crippen LogP contribution in [0, 0.1) is 6.92 Å². The van der Waals surface area contributed by atoms with Crippen LogP contribution in [0.5, 0.6) is 0 Å². The van der Waals surface area contributed by atoms with Crippen LogP contribution < -0.4 is 4.90 Å². The summed E-state index contributed by atoms with van der Waals surface area (Å²) in [5.41, 5.74) is 1.25. The highest BCUT2D eigenvalue weighted by Crippen LogP contribution is 2.36. The molecule has 2 aromatic heterocycles. The first kappa shape index (κ1) is 18.0. The normalized spacial score (nSPS) is 20.9. The maximum atomic E-state index is 5.81. The summed E-state index contributed by atoms with van der Waals surface area (Å²) in [5, 5.41) is 1.18. The van der Waals surface area contributed by atoms with E-state index in [1.807, 2.05) is 6.92 Å². The Labute approximate surface area is 170 Å². The summed E-state index contributed by atoms with van der Waals surface area (Å²) >= 11 is 1.76. The Morgan fingerprint density at radius 3 is 2.68 bits per heavy atom. The summed E-state index contributed by atoms with van der Waals surface area (Å²) in [6.07, 6.45) is 2.86. The summed E-state index contributed by atoms with van der Waals surface area (Å²) in [7, 11) is 0. The monoisotopic (exact) mass is 394 g/mol. The van der Waals surface area contributed by atoms with Crippen molar-refractivity contribution >= 4 is 27.4 Å². The van der Waals surface area contributed by atoms with Crippen molar-refractivity contribution in [3.63, 3.8) is 0 Å².